The SMILES string of the molecule is NCc1cn(CC(=O)N2CCN3CCCCC3C2)nn1. The highest BCUT2D eigenvalue weighted by Crippen LogP contribution is 2.21. The van der Waals surface area contributed by atoms with Crippen molar-refractivity contribution in [2.45, 2.75) is 38.4 Å². The van der Waals surface area contributed by atoms with Crippen LogP contribution in [-0.2, 0) is 17.9 Å². The van der Waals surface area contributed by atoms with Gasteiger partial charge in [-0.1, -0.05) is 11.6 Å². The Bertz CT molecular complexity index is 473. The molecule has 2 aliphatic heterocycles. The predicted octanol–water partition coefficient (Wildman–Crippen LogP) is -0.566. The van der Waals surface area contributed by atoms with E-state index in [1.807, 2.05) is 4.90 Å². The number of nitrogens with zero attached hydrogens (tertiary/aromatic N) is 5. The summed E-state index contributed by atoms with van der Waals surface area (Å²) in [5.74, 6) is 0.128. The van der Waals surface area contributed by atoms with Crippen molar-refractivity contribution in [3.05, 3.63) is 11.9 Å². The zero-order valence-electron chi connectivity index (χ0n) is 11.7. The van der Waals surface area contributed by atoms with Crippen LogP contribution >= 0.6 is 0 Å². The Morgan fingerprint density at radius 3 is 3.05 bits per heavy atom. The molecule has 2 aliphatic rings. The summed E-state index contributed by atoms with van der Waals surface area (Å²) in [5.41, 5.74) is 6.21. The van der Waals surface area contributed by atoms with Crippen LogP contribution in [0.15, 0.2) is 6.20 Å². The van der Waals surface area contributed by atoms with Gasteiger partial charge in [0.1, 0.15) is 6.54 Å². The molecule has 0 spiro atoms. The first-order valence-corrected chi connectivity index (χ1v) is 7.37. The third-order valence-electron chi connectivity index (χ3n) is 4.28. The summed E-state index contributed by atoms with van der Waals surface area (Å²) in [4.78, 5) is 16.8. The second-order valence-corrected chi connectivity index (χ2v) is 5.64. The number of piperazine rings is 1. The standard InChI is InChI=1S/C13H22N6O/c14-7-11-8-19(16-15-11)10-13(20)18-6-5-17-4-2-1-3-12(17)9-18/h8,12H,1-7,9-10,14H2. The molecule has 0 saturated carbocycles. The third-order valence-corrected chi connectivity index (χ3v) is 4.28. The van der Waals surface area contributed by atoms with Crippen LogP contribution in [0.25, 0.3) is 0 Å². The van der Waals surface area contributed by atoms with Crippen LogP contribution in [0, 0.1) is 0 Å². The molecule has 2 saturated heterocycles. The van der Waals surface area contributed by atoms with Gasteiger partial charge >= 0.3 is 0 Å². The molecule has 1 aromatic rings. The lowest BCUT2D eigenvalue weighted by Gasteiger charge is -2.44. The van der Waals surface area contributed by atoms with E-state index >= 15 is 0 Å². The average molecular weight is 278 g/mol. The summed E-state index contributed by atoms with van der Waals surface area (Å²) in [7, 11) is 0. The Labute approximate surface area is 118 Å². The maximum atomic E-state index is 12.3. The molecule has 2 N–H and O–H groups in total. The van der Waals surface area contributed by atoms with Crippen LogP contribution in [-0.4, -0.2) is 62.9 Å². The zero-order valence-corrected chi connectivity index (χ0v) is 11.7. The molecule has 2 fully saturated rings. The number of rotatable bonds is 3. The fourth-order valence-corrected chi connectivity index (χ4v) is 3.13. The molecule has 0 aliphatic carbocycles. The van der Waals surface area contributed by atoms with Crippen LogP contribution < -0.4 is 5.73 Å². The Kier molecular flexibility index (Phi) is 3.98. The monoisotopic (exact) mass is 278 g/mol. The summed E-state index contributed by atoms with van der Waals surface area (Å²) in [6, 6.07) is 0.553. The highest BCUT2D eigenvalue weighted by molar-refractivity contribution is 5.76. The fourth-order valence-electron chi connectivity index (χ4n) is 3.13. The number of hydrogen-bond acceptors (Lipinski definition) is 5. The van der Waals surface area contributed by atoms with Gasteiger partial charge in [0, 0.05) is 32.2 Å². The van der Waals surface area contributed by atoms with Gasteiger partial charge in [-0.3, -0.25) is 9.69 Å². The van der Waals surface area contributed by atoms with E-state index in [0.717, 1.165) is 25.3 Å². The molecule has 1 amide bonds. The van der Waals surface area contributed by atoms with Crippen molar-refractivity contribution in [1.29, 1.82) is 0 Å². The molecule has 7 heteroatoms. The lowest BCUT2D eigenvalue weighted by Crippen LogP contribution is -2.56. The van der Waals surface area contributed by atoms with E-state index in [4.69, 9.17) is 5.73 Å². The van der Waals surface area contributed by atoms with Gasteiger partial charge in [0.15, 0.2) is 0 Å². The van der Waals surface area contributed by atoms with Gasteiger partial charge in [0.25, 0.3) is 0 Å². The first-order valence-electron chi connectivity index (χ1n) is 7.37. The van der Waals surface area contributed by atoms with Crippen LogP contribution in [0.4, 0.5) is 0 Å². The Balaban J connectivity index is 1.57. The molecule has 0 radical (unpaired) electrons. The van der Waals surface area contributed by atoms with E-state index in [1.54, 1.807) is 10.9 Å². The van der Waals surface area contributed by atoms with Crippen molar-refractivity contribution in [3.63, 3.8) is 0 Å². The zero-order chi connectivity index (χ0) is 13.9. The minimum absolute atomic E-state index is 0.128. The number of piperidine rings is 1. The normalized spacial score (nSPS) is 23.6. The summed E-state index contributed by atoms with van der Waals surface area (Å²) in [6.45, 7) is 4.50. The summed E-state index contributed by atoms with van der Waals surface area (Å²) < 4.78 is 1.58. The van der Waals surface area contributed by atoms with Crippen molar-refractivity contribution in [2.75, 3.05) is 26.2 Å². The molecular formula is C13H22N6O. The molecule has 1 atom stereocenters. The number of carbonyl (C=O) groups is 1. The van der Waals surface area contributed by atoms with Gasteiger partial charge in [-0.2, -0.15) is 0 Å². The molecule has 20 heavy (non-hydrogen) atoms. The van der Waals surface area contributed by atoms with Crippen LogP contribution in [0.2, 0.25) is 0 Å². The van der Waals surface area contributed by atoms with Crippen LogP contribution in [0.3, 0.4) is 0 Å². The maximum absolute atomic E-state index is 12.3. The molecular weight excluding hydrogens is 256 g/mol. The topological polar surface area (TPSA) is 80.3 Å². The molecule has 0 bridgehead atoms. The molecule has 0 aromatic carbocycles. The summed E-state index contributed by atoms with van der Waals surface area (Å²) in [6.07, 6.45) is 5.54. The van der Waals surface area contributed by atoms with Crippen molar-refractivity contribution < 1.29 is 4.79 Å². The first kappa shape index (κ1) is 13.5. The highest BCUT2D eigenvalue weighted by atomic mass is 16.2. The fraction of sp³-hybridized carbons (Fsp3) is 0.769. The molecule has 3 rings (SSSR count). The van der Waals surface area contributed by atoms with Crippen molar-refractivity contribution >= 4 is 5.91 Å². The Morgan fingerprint density at radius 2 is 2.25 bits per heavy atom. The Morgan fingerprint density at radius 1 is 1.35 bits per heavy atom. The van der Waals surface area contributed by atoms with E-state index in [2.05, 4.69) is 15.2 Å². The molecule has 1 aromatic heterocycles. The van der Waals surface area contributed by atoms with Gasteiger partial charge in [0.05, 0.1) is 11.9 Å². The summed E-state index contributed by atoms with van der Waals surface area (Å²) >= 11 is 0. The molecule has 110 valence electrons. The van der Waals surface area contributed by atoms with Crippen molar-refractivity contribution in [2.24, 2.45) is 5.73 Å². The van der Waals surface area contributed by atoms with E-state index in [-0.39, 0.29) is 12.5 Å². The minimum atomic E-state index is 0.128. The molecule has 1 unspecified atom stereocenters. The van der Waals surface area contributed by atoms with Gasteiger partial charge in [-0.05, 0) is 19.4 Å². The molecule has 7 nitrogen and oxygen atoms in total. The van der Waals surface area contributed by atoms with Gasteiger partial charge in [0.2, 0.25) is 5.91 Å². The van der Waals surface area contributed by atoms with E-state index in [1.165, 1.54) is 25.8 Å². The van der Waals surface area contributed by atoms with E-state index < -0.39 is 0 Å². The van der Waals surface area contributed by atoms with Gasteiger partial charge < -0.3 is 10.6 Å². The first-order chi connectivity index (χ1) is 9.76. The largest absolute Gasteiger partial charge is 0.338 e. The van der Waals surface area contributed by atoms with Crippen molar-refractivity contribution in [1.82, 2.24) is 24.8 Å². The lowest BCUT2D eigenvalue weighted by molar-refractivity contribution is -0.135. The van der Waals surface area contributed by atoms with Gasteiger partial charge in [-0.25, -0.2) is 4.68 Å². The smallest absolute Gasteiger partial charge is 0.244 e. The predicted molar refractivity (Wildman–Crippen MR) is 73.7 cm³/mol. The highest BCUT2D eigenvalue weighted by Gasteiger charge is 2.30. The second-order valence-electron chi connectivity index (χ2n) is 5.64. The number of hydrogen-bond donors (Lipinski definition) is 1. The minimum Gasteiger partial charge on any atom is -0.338 e. The number of nitrogens with two attached hydrogens (primary N) is 1. The third kappa shape index (κ3) is 2.83. The number of fused-ring (bicyclic) bond motifs is 1. The summed E-state index contributed by atoms with van der Waals surface area (Å²) in [5, 5.41) is 7.84. The van der Waals surface area contributed by atoms with Crippen molar-refractivity contribution in [3.8, 4) is 0 Å². The van der Waals surface area contributed by atoms with E-state index in [0.29, 0.717) is 12.6 Å². The van der Waals surface area contributed by atoms with Gasteiger partial charge in [-0.15, -0.1) is 5.10 Å². The van der Waals surface area contributed by atoms with E-state index in [9.17, 15) is 4.79 Å². The second kappa shape index (κ2) is 5.88. The lowest BCUT2D eigenvalue weighted by atomic mass is 9.99. The number of carbonyl (C=O) groups excluding carboxylic acids is 1. The molecule has 3 heterocycles. The number of amides is 1. The number of aromatic nitrogens is 3. The average Bonchev–Trinajstić information content (AvgIpc) is 2.94. The quantitative estimate of drug-likeness (QED) is 0.801. The van der Waals surface area contributed by atoms with Crippen LogP contribution in [0.5, 0.6) is 0 Å². The Hall–Kier alpha value is -1.47. The maximum Gasteiger partial charge on any atom is 0.244 e. The van der Waals surface area contributed by atoms with Crippen LogP contribution in [0.1, 0.15) is 25.0 Å².